The summed E-state index contributed by atoms with van der Waals surface area (Å²) in [7, 11) is 0. The number of hydrogen-bond acceptors (Lipinski definition) is 5. The Balaban J connectivity index is 1.82. The number of nitrogens with zero attached hydrogens (tertiary/aromatic N) is 3. The van der Waals surface area contributed by atoms with E-state index >= 15 is 0 Å². The normalized spacial score (nSPS) is 15.2. The van der Waals surface area contributed by atoms with Crippen LogP contribution in [-0.2, 0) is 9.59 Å². The lowest BCUT2D eigenvalue weighted by Gasteiger charge is -2.33. The van der Waals surface area contributed by atoms with Crippen LogP contribution in [-0.4, -0.2) is 65.8 Å². The fourth-order valence-corrected chi connectivity index (χ4v) is 2.66. The number of hydrogen-bond donors (Lipinski definition) is 1. The van der Waals surface area contributed by atoms with E-state index in [1.54, 1.807) is 23.1 Å². The van der Waals surface area contributed by atoms with Crippen molar-refractivity contribution in [2.45, 2.75) is 13.3 Å². The zero-order chi connectivity index (χ0) is 18.9. The van der Waals surface area contributed by atoms with Crippen molar-refractivity contribution in [3.63, 3.8) is 0 Å². The van der Waals surface area contributed by atoms with Crippen molar-refractivity contribution in [3.8, 4) is 0 Å². The van der Waals surface area contributed by atoms with Gasteiger partial charge >= 0.3 is 0 Å². The topological polar surface area (TPSA) is 95.8 Å². The summed E-state index contributed by atoms with van der Waals surface area (Å²) in [4.78, 5) is 38.1. The van der Waals surface area contributed by atoms with Crippen molar-refractivity contribution < 1.29 is 14.5 Å². The molecule has 0 unspecified atom stereocenters. The van der Waals surface area contributed by atoms with E-state index in [2.05, 4.69) is 5.32 Å². The van der Waals surface area contributed by atoms with E-state index in [1.807, 2.05) is 11.8 Å². The highest BCUT2D eigenvalue weighted by Crippen LogP contribution is 2.14. The van der Waals surface area contributed by atoms with Gasteiger partial charge in [-0.15, -0.1) is 0 Å². The molecule has 1 aromatic carbocycles. The highest BCUT2D eigenvalue weighted by Gasteiger charge is 2.21. The molecule has 1 aliphatic heterocycles. The molecule has 1 heterocycles. The molecular formula is C18H24N4O4. The van der Waals surface area contributed by atoms with E-state index in [-0.39, 0.29) is 17.5 Å². The second-order valence-electron chi connectivity index (χ2n) is 6.14. The van der Waals surface area contributed by atoms with Crippen LogP contribution in [0.2, 0.25) is 0 Å². The maximum atomic E-state index is 12.3. The van der Waals surface area contributed by atoms with E-state index in [9.17, 15) is 19.7 Å². The number of carbonyl (C=O) groups is 2. The maximum Gasteiger partial charge on any atom is 0.270 e. The van der Waals surface area contributed by atoms with Crippen LogP contribution in [0.5, 0.6) is 0 Å². The molecule has 0 atom stereocenters. The van der Waals surface area contributed by atoms with Gasteiger partial charge in [0.25, 0.3) is 5.69 Å². The van der Waals surface area contributed by atoms with Crippen LogP contribution in [0.3, 0.4) is 0 Å². The van der Waals surface area contributed by atoms with E-state index in [0.717, 1.165) is 6.42 Å². The standard InChI is InChI=1S/C18H24N4O4/c1-2-8-19-17(23)14-20-9-11-21(12-10-20)18(24)7-6-15-4-3-5-16(13-15)22(25)26/h3-7,13H,2,8-12,14H2,1H3,(H,19,23)/b7-6+. The van der Waals surface area contributed by atoms with Crippen LogP contribution in [0.4, 0.5) is 5.69 Å². The van der Waals surface area contributed by atoms with E-state index in [4.69, 9.17) is 0 Å². The quantitative estimate of drug-likeness (QED) is 0.449. The Morgan fingerprint density at radius 2 is 2.00 bits per heavy atom. The summed E-state index contributed by atoms with van der Waals surface area (Å²) in [6.45, 7) is 5.45. The second-order valence-corrected chi connectivity index (χ2v) is 6.14. The van der Waals surface area contributed by atoms with Crippen LogP contribution in [0.15, 0.2) is 30.3 Å². The summed E-state index contributed by atoms with van der Waals surface area (Å²) in [5.41, 5.74) is 0.605. The number of nitro benzene ring substituents is 1. The highest BCUT2D eigenvalue weighted by atomic mass is 16.6. The molecule has 26 heavy (non-hydrogen) atoms. The molecule has 1 saturated heterocycles. The van der Waals surface area contributed by atoms with Crippen LogP contribution < -0.4 is 5.32 Å². The summed E-state index contributed by atoms with van der Waals surface area (Å²) >= 11 is 0. The number of non-ortho nitro benzene ring substituents is 1. The average molecular weight is 360 g/mol. The molecule has 140 valence electrons. The Morgan fingerprint density at radius 1 is 1.27 bits per heavy atom. The van der Waals surface area contributed by atoms with Gasteiger partial charge in [0.1, 0.15) is 0 Å². The van der Waals surface area contributed by atoms with Gasteiger partial charge in [-0.3, -0.25) is 24.6 Å². The number of nitro groups is 1. The SMILES string of the molecule is CCCNC(=O)CN1CCN(C(=O)/C=C/c2cccc([N+](=O)[O-])c2)CC1. The Labute approximate surface area is 152 Å². The van der Waals surface area contributed by atoms with Crippen molar-refractivity contribution in [3.05, 3.63) is 46.0 Å². The van der Waals surface area contributed by atoms with Gasteiger partial charge in [0.05, 0.1) is 11.5 Å². The summed E-state index contributed by atoms with van der Waals surface area (Å²) < 4.78 is 0. The molecule has 1 N–H and O–H groups in total. The zero-order valence-corrected chi connectivity index (χ0v) is 14.9. The maximum absolute atomic E-state index is 12.3. The third-order valence-electron chi connectivity index (χ3n) is 4.12. The van der Waals surface area contributed by atoms with Crippen LogP contribution >= 0.6 is 0 Å². The Kier molecular flexibility index (Phi) is 7.28. The lowest BCUT2D eigenvalue weighted by Crippen LogP contribution is -2.50. The van der Waals surface area contributed by atoms with Crippen molar-refractivity contribution in [1.29, 1.82) is 0 Å². The van der Waals surface area contributed by atoms with Gasteiger partial charge in [-0.2, -0.15) is 0 Å². The summed E-state index contributed by atoms with van der Waals surface area (Å²) in [6.07, 6.45) is 3.92. The lowest BCUT2D eigenvalue weighted by molar-refractivity contribution is -0.384. The molecule has 0 saturated carbocycles. The first-order valence-corrected chi connectivity index (χ1v) is 8.70. The summed E-state index contributed by atoms with van der Waals surface area (Å²) in [5.74, 6) is -0.121. The molecule has 0 bridgehead atoms. The smallest absolute Gasteiger partial charge is 0.270 e. The number of carbonyl (C=O) groups excluding carboxylic acids is 2. The number of benzene rings is 1. The first-order valence-electron chi connectivity index (χ1n) is 8.70. The minimum atomic E-state index is -0.463. The fraction of sp³-hybridized carbons (Fsp3) is 0.444. The highest BCUT2D eigenvalue weighted by molar-refractivity contribution is 5.92. The molecule has 0 aromatic heterocycles. The van der Waals surface area contributed by atoms with Gasteiger partial charge < -0.3 is 10.2 Å². The molecule has 1 aliphatic rings. The largest absolute Gasteiger partial charge is 0.355 e. The predicted octanol–water partition coefficient (Wildman–Crippen LogP) is 1.28. The third kappa shape index (κ3) is 5.96. The summed E-state index contributed by atoms with van der Waals surface area (Å²) in [5, 5.41) is 13.6. The molecule has 0 spiro atoms. The average Bonchev–Trinajstić information content (AvgIpc) is 2.65. The fourth-order valence-electron chi connectivity index (χ4n) is 2.66. The van der Waals surface area contributed by atoms with Crippen LogP contribution in [0.25, 0.3) is 6.08 Å². The van der Waals surface area contributed by atoms with Gasteiger partial charge in [-0.05, 0) is 18.1 Å². The first kappa shape index (κ1) is 19.6. The van der Waals surface area contributed by atoms with Gasteiger partial charge in [0, 0.05) is 50.9 Å². The number of nitrogens with one attached hydrogen (secondary N) is 1. The van der Waals surface area contributed by atoms with Crippen LogP contribution in [0, 0.1) is 10.1 Å². The first-order chi connectivity index (χ1) is 12.5. The minimum absolute atomic E-state index is 0.00503. The van der Waals surface area contributed by atoms with Crippen LogP contribution in [0.1, 0.15) is 18.9 Å². The van der Waals surface area contributed by atoms with Gasteiger partial charge in [0.2, 0.25) is 11.8 Å². The Bertz CT molecular complexity index is 682. The minimum Gasteiger partial charge on any atom is -0.355 e. The van der Waals surface area contributed by atoms with Crippen molar-refractivity contribution in [2.24, 2.45) is 0 Å². The number of amides is 2. The molecule has 0 aliphatic carbocycles. The molecule has 8 heteroatoms. The van der Waals surface area contributed by atoms with Gasteiger partial charge in [-0.25, -0.2) is 0 Å². The molecule has 0 radical (unpaired) electrons. The van der Waals surface area contributed by atoms with Crippen molar-refractivity contribution >= 4 is 23.6 Å². The Hall–Kier alpha value is -2.74. The molecule has 2 rings (SSSR count). The molecule has 8 nitrogen and oxygen atoms in total. The zero-order valence-electron chi connectivity index (χ0n) is 14.9. The van der Waals surface area contributed by atoms with E-state index in [1.165, 1.54) is 18.2 Å². The predicted molar refractivity (Wildman–Crippen MR) is 98.5 cm³/mol. The van der Waals surface area contributed by atoms with E-state index < -0.39 is 4.92 Å². The van der Waals surface area contributed by atoms with Gasteiger partial charge in [-0.1, -0.05) is 19.1 Å². The molecule has 2 amide bonds. The van der Waals surface area contributed by atoms with Gasteiger partial charge in [0.15, 0.2) is 0 Å². The number of rotatable bonds is 7. The Morgan fingerprint density at radius 3 is 2.65 bits per heavy atom. The number of piperazine rings is 1. The third-order valence-corrected chi connectivity index (χ3v) is 4.12. The van der Waals surface area contributed by atoms with Crippen molar-refractivity contribution in [1.82, 2.24) is 15.1 Å². The molecule has 1 aromatic rings. The van der Waals surface area contributed by atoms with E-state index in [0.29, 0.717) is 44.8 Å². The summed E-state index contributed by atoms with van der Waals surface area (Å²) in [6, 6.07) is 6.14. The lowest BCUT2D eigenvalue weighted by atomic mass is 10.2. The monoisotopic (exact) mass is 360 g/mol. The van der Waals surface area contributed by atoms with Crippen molar-refractivity contribution in [2.75, 3.05) is 39.3 Å². The molecular weight excluding hydrogens is 336 g/mol. The molecule has 1 fully saturated rings. The second kappa shape index (κ2) is 9.67.